The van der Waals surface area contributed by atoms with Crippen molar-refractivity contribution >= 4 is 11.9 Å². The molecule has 1 aliphatic carbocycles. The number of carbonyl (C=O) groups excluding carboxylic acids is 2. The van der Waals surface area contributed by atoms with Crippen molar-refractivity contribution in [3.63, 3.8) is 0 Å². The summed E-state index contributed by atoms with van der Waals surface area (Å²) in [6.45, 7) is 3.50. The molecule has 2 heterocycles. The molecule has 2 saturated heterocycles. The second-order valence-corrected chi connectivity index (χ2v) is 7.87. The van der Waals surface area contributed by atoms with Crippen LogP contribution < -0.4 is 5.32 Å². The second-order valence-electron chi connectivity index (χ2n) is 7.87. The molecular formula is C19H33N3O4. The fourth-order valence-electron chi connectivity index (χ4n) is 4.50. The third-order valence-corrected chi connectivity index (χ3v) is 5.99. The van der Waals surface area contributed by atoms with Gasteiger partial charge in [-0.2, -0.15) is 0 Å². The first-order valence-electron chi connectivity index (χ1n) is 10.1. The van der Waals surface area contributed by atoms with Gasteiger partial charge < -0.3 is 24.6 Å². The van der Waals surface area contributed by atoms with Crippen LogP contribution in [0.3, 0.4) is 0 Å². The highest BCUT2D eigenvalue weighted by molar-refractivity contribution is 5.80. The number of methoxy groups -OCH3 is 1. The van der Waals surface area contributed by atoms with E-state index in [9.17, 15) is 9.59 Å². The molecule has 0 aromatic rings. The van der Waals surface area contributed by atoms with Gasteiger partial charge in [-0.1, -0.05) is 19.3 Å². The van der Waals surface area contributed by atoms with Crippen LogP contribution in [0.2, 0.25) is 0 Å². The standard InChI is InChI=1S/C19H33N3O4/c1-25-12-5-10-22-17(23)8-11-21(14-19(22)9-13-26-15-19)18(24)20-16-6-3-2-4-7-16/h16H,2-15H2,1H3,(H,20,24). The molecule has 0 aromatic carbocycles. The van der Waals surface area contributed by atoms with Gasteiger partial charge in [0.25, 0.3) is 0 Å². The van der Waals surface area contributed by atoms with Gasteiger partial charge in [0.05, 0.1) is 12.1 Å². The Labute approximate surface area is 156 Å². The predicted molar refractivity (Wildman–Crippen MR) is 98.0 cm³/mol. The number of nitrogens with zero attached hydrogens (tertiary/aromatic N) is 2. The van der Waals surface area contributed by atoms with E-state index in [1.165, 1.54) is 19.3 Å². The van der Waals surface area contributed by atoms with Gasteiger partial charge in [0.1, 0.15) is 0 Å². The van der Waals surface area contributed by atoms with Gasteiger partial charge >= 0.3 is 6.03 Å². The number of ether oxygens (including phenoxy) is 2. The van der Waals surface area contributed by atoms with Gasteiger partial charge in [0.15, 0.2) is 0 Å². The van der Waals surface area contributed by atoms with E-state index in [0.717, 1.165) is 25.7 Å². The Morgan fingerprint density at radius 2 is 2.15 bits per heavy atom. The number of rotatable bonds is 5. The lowest BCUT2D eigenvalue weighted by molar-refractivity contribution is -0.136. The minimum Gasteiger partial charge on any atom is -0.385 e. The molecule has 1 N–H and O–H groups in total. The third-order valence-electron chi connectivity index (χ3n) is 5.99. The van der Waals surface area contributed by atoms with E-state index in [4.69, 9.17) is 9.47 Å². The zero-order chi connectivity index (χ0) is 18.4. The van der Waals surface area contributed by atoms with Gasteiger partial charge in [0, 0.05) is 52.4 Å². The maximum atomic E-state index is 12.9. The summed E-state index contributed by atoms with van der Waals surface area (Å²) in [5.74, 6) is 0.125. The van der Waals surface area contributed by atoms with Gasteiger partial charge in [-0.05, 0) is 25.7 Å². The minimum absolute atomic E-state index is 0.0188. The highest BCUT2D eigenvalue weighted by Gasteiger charge is 2.46. The number of hydrogen-bond acceptors (Lipinski definition) is 4. The van der Waals surface area contributed by atoms with Crippen LogP contribution in [0.25, 0.3) is 0 Å². The van der Waals surface area contributed by atoms with Crippen molar-refractivity contribution in [1.82, 2.24) is 15.1 Å². The normalized spacial score (nSPS) is 27.8. The number of urea groups is 1. The lowest BCUT2D eigenvalue weighted by atomic mass is 9.94. The average Bonchev–Trinajstić information content (AvgIpc) is 3.06. The first-order valence-corrected chi connectivity index (χ1v) is 10.1. The number of hydrogen-bond donors (Lipinski definition) is 1. The molecule has 3 fully saturated rings. The summed E-state index contributed by atoms with van der Waals surface area (Å²) in [6, 6.07) is 0.263. The Morgan fingerprint density at radius 3 is 2.85 bits per heavy atom. The molecule has 0 bridgehead atoms. The first-order chi connectivity index (χ1) is 12.6. The van der Waals surface area contributed by atoms with Crippen molar-refractivity contribution < 1.29 is 19.1 Å². The van der Waals surface area contributed by atoms with Gasteiger partial charge in [0.2, 0.25) is 5.91 Å². The number of nitrogens with one attached hydrogen (secondary N) is 1. The molecule has 3 aliphatic rings. The lowest BCUT2D eigenvalue weighted by Gasteiger charge is -2.40. The maximum absolute atomic E-state index is 12.9. The first kappa shape index (κ1) is 19.4. The zero-order valence-corrected chi connectivity index (χ0v) is 16.0. The Kier molecular flexibility index (Phi) is 6.75. The Hall–Kier alpha value is -1.34. The molecule has 148 valence electrons. The molecule has 0 aromatic heterocycles. The Balaban J connectivity index is 1.67. The summed E-state index contributed by atoms with van der Waals surface area (Å²) >= 11 is 0. The van der Waals surface area contributed by atoms with E-state index >= 15 is 0 Å². The van der Waals surface area contributed by atoms with Gasteiger partial charge in [-0.25, -0.2) is 4.79 Å². The van der Waals surface area contributed by atoms with Crippen molar-refractivity contribution in [3.8, 4) is 0 Å². The van der Waals surface area contributed by atoms with Crippen LogP contribution in [0.15, 0.2) is 0 Å². The Morgan fingerprint density at radius 1 is 1.35 bits per heavy atom. The summed E-state index contributed by atoms with van der Waals surface area (Å²) in [5, 5.41) is 3.20. The quantitative estimate of drug-likeness (QED) is 0.752. The highest BCUT2D eigenvalue weighted by atomic mass is 16.5. The highest BCUT2D eigenvalue weighted by Crippen LogP contribution is 2.31. The largest absolute Gasteiger partial charge is 0.385 e. The van der Waals surface area contributed by atoms with Gasteiger partial charge in [-0.3, -0.25) is 4.79 Å². The van der Waals surface area contributed by atoms with Crippen molar-refractivity contribution in [3.05, 3.63) is 0 Å². The van der Waals surface area contributed by atoms with Gasteiger partial charge in [-0.15, -0.1) is 0 Å². The molecular weight excluding hydrogens is 334 g/mol. The second kappa shape index (κ2) is 9.04. The van der Waals surface area contributed by atoms with Crippen LogP contribution in [-0.2, 0) is 14.3 Å². The summed E-state index contributed by atoms with van der Waals surface area (Å²) in [7, 11) is 1.68. The van der Waals surface area contributed by atoms with E-state index in [1.54, 1.807) is 7.11 Å². The van der Waals surface area contributed by atoms with E-state index in [0.29, 0.717) is 45.9 Å². The van der Waals surface area contributed by atoms with Crippen molar-refractivity contribution in [1.29, 1.82) is 0 Å². The smallest absolute Gasteiger partial charge is 0.317 e. The molecule has 1 saturated carbocycles. The third kappa shape index (κ3) is 4.49. The molecule has 3 rings (SSSR count). The zero-order valence-electron chi connectivity index (χ0n) is 16.0. The summed E-state index contributed by atoms with van der Waals surface area (Å²) < 4.78 is 10.8. The van der Waals surface area contributed by atoms with E-state index in [2.05, 4.69) is 5.32 Å². The molecule has 1 atom stereocenters. The van der Waals surface area contributed by atoms with Crippen LogP contribution in [-0.4, -0.2) is 79.9 Å². The Bertz CT molecular complexity index is 487. The molecule has 26 heavy (non-hydrogen) atoms. The molecule has 7 heteroatoms. The topological polar surface area (TPSA) is 71.1 Å². The number of amides is 3. The average molecular weight is 367 g/mol. The molecule has 7 nitrogen and oxygen atoms in total. The van der Waals surface area contributed by atoms with E-state index < -0.39 is 0 Å². The predicted octanol–water partition coefficient (Wildman–Crippen LogP) is 1.76. The summed E-state index contributed by atoms with van der Waals surface area (Å²) in [6.07, 6.45) is 7.75. The lowest BCUT2D eigenvalue weighted by Crippen LogP contribution is -2.58. The summed E-state index contributed by atoms with van der Waals surface area (Å²) in [4.78, 5) is 29.5. The van der Waals surface area contributed by atoms with Crippen LogP contribution in [0.1, 0.15) is 51.4 Å². The van der Waals surface area contributed by atoms with Crippen molar-refractivity contribution in [2.75, 3.05) is 46.6 Å². The number of carbonyl (C=O) groups is 2. The van der Waals surface area contributed by atoms with Crippen molar-refractivity contribution in [2.24, 2.45) is 0 Å². The fourth-order valence-corrected chi connectivity index (χ4v) is 4.50. The maximum Gasteiger partial charge on any atom is 0.317 e. The van der Waals surface area contributed by atoms with Crippen LogP contribution >= 0.6 is 0 Å². The van der Waals surface area contributed by atoms with E-state index in [1.807, 2.05) is 9.80 Å². The molecule has 0 radical (unpaired) electrons. The van der Waals surface area contributed by atoms with Crippen molar-refractivity contribution in [2.45, 2.75) is 62.9 Å². The van der Waals surface area contributed by atoms with E-state index in [-0.39, 0.29) is 23.5 Å². The molecule has 1 spiro atoms. The monoisotopic (exact) mass is 367 g/mol. The molecule has 3 amide bonds. The van der Waals surface area contributed by atoms with Crippen LogP contribution in [0.5, 0.6) is 0 Å². The molecule has 1 unspecified atom stereocenters. The fraction of sp³-hybridized carbons (Fsp3) is 0.895. The molecule has 2 aliphatic heterocycles. The van der Waals surface area contributed by atoms with Crippen LogP contribution in [0.4, 0.5) is 4.79 Å². The van der Waals surface area contributed by atoms with Crippen LogP contribution in [0, 0.1) is 0 Å². The minimum atomic E-state index is -0.384. The summed E-state index contributed by atoms with van der Waals surface area (Å²) in [5.41, 5.74) is -0.384. The SMILES string of the molecule is COCCCN1C(=O)CCN(C(=O)NC2CCCCC2)CC12CCOC2.